The lowest BCUT2D eigenvalue weighted by Gasteiger charge is -2.09. The maximum absolute atomic E-state index is 11.9. The molecule has 0 heterocycles. The number of ether oxygens (including phenoxy) is 2. The number of rotatable bonds is 4. The SMILES string of the molecule is COc1cc(OC)cc(C(=O)NNC(=O)C2CC2)c1. The molecule has 1 saturated carbocycles. The molecule has 0 spiro atoms. The van der Waals surface area contributed by atoms with E-state index < -0.39 is 5.91 Å². The molecule has 2 N–H and O–H groups in total. The summed E-state index contributed by atoms with van der Waals surface area (Å²) in [6, 6.07) is 4.81. The monoisotopic (exact) mass is 264 g/mol. The van der Waals surface area contributed by atoms with E-state index in [1.165, 1.54) is 14.2 Å². The van der Waals surface area contributed by atoms with Gasteiger partial charge in [-0.15, -0.1) is 0 Å². The molecule has 0 aromatic heterocycles. The average molecular weight is 264 g/mol. The molecule has 0 unspecified atom stereocenters. The van der Waals surface area contributed by atoms with Gasteiger partial charge in [0.25, 0.3) is 5.91 Å². The van der Waals surface area contributed by atoms with Gasteiger partial charge in [-0.1, -0.05) is 0 Å². The maximum Gasteiger partial charge on any atom is 0.269 e. The van der Waals surface area contributed by atoms with Crippen LogP contribution in [0.25, 0.3) is 0 Å². The van der Waals surface area contributed by atoms with Gasteiger partial charge in [-0.2, -0.15) is 0 Å². The number of methoxy groups -OCH3 is 2. The van der Waals surface area contributed by atoms with E-state index in [2.05, 4.69) is 10.9 Å². The topological polar surface area (TPSA) is 76.7 Å². The molecule has 0 saturated heterocycles. The lowest BCUT2D eigenvalue weighted by Crippen LogP contribution is -2.42. The molecule has 6 heteroatoms. The summed E-state index contributed by atoms with van der Waals surface area (Å²) in [5.41, 5.74) is 5.12. The number of carbonyl (C=O) groups is 2. The summed E-state index contributed by atoms with van der Waals surface area (Å²) in [6.45, 7) is 0. The highest BCUT2D eigenvalue weighted by Gasteiger charge is 2.29. The molecule has 1 aromatic carbocycles. The summed E-state index contributed by atoms with van der Waals surface area (Å²) < 4.78 is 10.1. The minimum atomic E-state index is -0.411. The van der Waals surface area contributed by atoms with Gasteiger partial charge in [-0.3, -0.25) is 20.4 Å². The molecule has 102 valence electrons. The Hall–Kier alpha value is -2.24. The van der Waals surface area contributed by atoms with Crippen molar-refractivity contribution in [1.29, 1.82) is 0 Å². The molecule has 1 aliphatic rings. The van der Waals surface area contributed by atoms with Gasteiger partial charge in [-0.25, -0.2) is 0 Å². The van der Waals surface area contributed by atoms with Crippen molar-refractivity contribution in [3.05, 3.63) is 23.8 Å². The smallest absolute Gasteiger partial charge is 0.269 e. The van der Waals surface area contributed by atoms with Gasteiger partial charge < -0.3 is 9.47 Å². The molecule has 0 aliphatic heterocycles. The first kappa shape index (κ1) is 13.2. The first-order valence-electron chi connectivity index (χ1n) is 5.97. The van der Waals surface area contributed by atoms with Gasteiger partial charge in [0.1, 0.15) is 11.5 Å². The third-order valence-corrected chi connectivity index (χ3v) is 2.86. The van der Waals surface area contributed by atoms with Crippen LogP contribution in [0.3, 0.4) is 0 Å². The summed E-state index contributed by atoms with van der Waals surface area (Å²) in [5, 5.41) is 0. The predicted molar refractivity (Wildman–Crippen MR) is 67.9 cm³/mol. The number of amides is 2. The standard InChI is InChI=1S/C13H16N2O4/c1-18-10-5-9(6-11(7-10)19-2)13(17)15-14-12(16)8-3-4-8/h5-8H,3-4H2,1-2H3,(H,14,16)(H,15,17). The van der Waals surface area contributed by atoms with Crippen LogP contribution in [-0.2, 0) is 4.79 Å². The molecule has 0 atom stereocenters. The van der Waals surface area contributed by atoms with Gasteiger partial charge in [-0.05, 0) is 25.0 Å². The van der Waals surface area contributed by atoms with Crippen LogP contribution in [0, 0.1) is 5.92 Å². The Kier molecular flexibility index (Phi) is 3.89. The van der Waals surface area contributed by atoms with Crippen LogP contribution >= 0.6 is 0 Å². The van der Waals surface area contributed by atoms with E-state index in [-0.39, 0.29) is 11.8 Å². The van der Waals surface area contributed by atoms with Crippen LogP contribution < -0.4 is 20.3 Å². The van der Waals surface area contributed by atoms with Crippen LogP contribution in [-0.4, -0.2) is 26.0 Å². The molecule has 1 aromatic rings. The highest BCUT2D eigenvalue weighted by atomic mass is 16.5. The van der Waals surface area contributed by atoms with Crippen LogP contribution in [0.5, 0.6) is 11.5 Å². The van der Waals surface area contributed by atoms with Crippen molar-refractivity contribution in [1.82, 2.24) is 10.9 Å². The number of benzene rings is 1. The van der Waals surface area contributed by atoms with E-state index in [9.17, 15) is 9.59 Å². The summed E-state index contributed by atoms with van der Waals surface area (Å²) in [7, 11) is 3.01. The van der Waals surface area contributed by atoms with Gasteiger partial charge in [0.05, 0.1) is 14.2 Å². The number of carbonyl (C=O) groups excluding carboxylic acids is 2. The van der Waals surface area contributed by atoms with Crippen LogP contribution in [0.2, 0.25) is 0 Å². The summed E-state index contributed by atoms with van der Waals surface area (Å²) >= 11 is 0. The second-order valence-corrected chi connectivity index (χ2v) is 4.32. The van der Waals surface area contributed by atoms with E-state index in [1.807, 2.05) is 0 Å². The Balaban J connectivity index is 2.02. The van der Waals surface area contributed by atoms with Crippen LogP contribution in [0.4, 0.5) is 0 Å². The molecular formula is C13H16N2O4. The van der Waals surface area contributed by atoms with Gasteiger partial charge >= 0.3 is 0 Å². The Morgan fingerprint density at radius 3 is 2.11 bits per heavy atom. The Morgan fingerprint density at radius 1 is 1.05 bits per heavy atom. The van der Waals surface area contributed by atoms with E-state index in [4.69, 9.17) is 9.47 Å². The van der Waals surface area contributed by atoms with Gasteiger partial charge in [0.2, 0.25) is 5.91 Å². The van der Waals surface area contributed by atoms with Crippen LogP contribution in [0.15, 0.2) is 18.2 Å². The van der Waals surface area contributed by atoms with Crippen molar-refractivity contribution >= 4 is 11.8 Å². The fraction of sp³-hybridized carbons (Fsp3) is 0.385. The zero-order valence-corrected chi connectivity index (χ0v) is 10.9. The zero-order chi connectivity index (χ0) is 13.8. The largest absolute Gasteiger partial charge is 0.497 e. The Labute approximate surface area is 111 Å². The van der Waals surface area contributed by atoms with Crippen LogP contribution in [0.1, 0.15) is 23.2 Å². The lowest BCUT2D eigenvalue weighted by atomic mass is 10.2. The Bertz CT molecular complexity index is 475. The number of hydrogen-bond acceptors (Lipinski definition) is 4. The fourth-order valence-corrected chi connectivity index (χ4v) is 1.58. The minimum absolute atomic E-state index is 0.0418. The second-order valence-electron chi connectivity index (χ2n) is 4.32. The summed E-state index contributed by atoms with van der Waals surface area (Å²) in [6.07, 6.45) is 1.77. The van der Waals surface area contributed by atoms with E-state index in [0.717, 1.165) is 12.8 Å². The maximum atomic E-state index is 11.9. The molecule has 19 heavy (non-hydrogen) atoms. The third-order valence-electron chi connectivity index (χ3n) is 2.86. The molecule has 2 amide bonds. The zero-order valence-electron chi connectivity index (χ0n) is 10.9. The summed E-state index contributed by atoms with van der Waals surface area (Å²) in [5.74, 6) is 0.505. The molecule has 0 radical (unpaired) electrons. The molecule has 1 fully saturated rings. The summed E-state index contributed by atoms with van der Waals surface area (Å²) in [4.78, 5) is 23.3. The number of hydrazine groups is 1. The molecular weight excluding hydrogens is 248 g/mol. The predicted octanol–water partition coefficient (Wildman–Crippen LogP) is 0.875. The number of hydrogen-bond donors (Lipinski definition) is 2. The first-order chi connectivity index (χ1) is 9.13. The van der Waals surface area contributed by atoms with E-state index in [0.29, 0.717) is 17.1 Å². The van der Waals surface area contributed by atoms with Crippen molar-refractivity contribution < 1.29 is 19.1 Å². The molecule has 2 rings (SSSR count). The molecule has 0 bridgehead atoms. The first-order valence-corrected chi connectivity index (χ1v) is 5.97. The molecule has 6 nitrogen and oxygen atoms in total. The quantitative estimate of drug-likeness (QED) is 0.791. The average Bonchev–Trinajstić information content (AvgIpc) is 3.28. The normalized spacial score (nSPS) is 13.6. The third kappa shape index (κ3) is 3.37. The van der Waals surface area contributed by atoms with Crippen molar-refractivity contribution in [2.75, 3.05) is 14.2 Å². The highest BCUT2D eigenvalue weighted by molar-refractivity contribution is 5.96. The second kappa shape index (κ2) is 5.60. The van der Waals surface area contributed by atoms with Crippen molar-refractivity contribution in [2.45, 2.75) is 12.8 Å². The lowest BCUT2D eigenvalue weighted by molar-refractivity contribution is -0.123. The van der Waals surface area contributed by atoms with Crippen molar-refractivity contribution in [3.8, 4) is 11.5 Å². The fourth-order valence-electron chi connectivity index (χ4n) is 1.58. The van der Waals surface area contributed by atoms with Crippen molar-refractivity contribution in [2.24, 2.45) is 5.92 Å². The van der Waals surface area contributed by atoms with E-state index >= 15 is 0 Å². The van der Waals surface area contributed by atoms with Crippen molar-refractivity contribution in [3.63, 3.8) is 0 Å². The van der Waals surface area contributed by atoms with E-state index in [1.54, 1.807) is 18.2 Å². The van der Waals surface area contributed by atoms with Gasteiger partial charge in [0.15, 0.2) is 0 Å². The Morgan fingerprint density at radius 2 is 1.63 bits per heavy atom. The number of nitrogens with one attached hydrogen (secondary N) is 2. The highest BCUT2D eigenvalue weighted by Crippen LogP contribution is 2.28. The minimum Gasteiger partial charge on any atom is -0.497 e. The molecule has 1 aliphatic carbocycles. The van der Waals surface area contributed by atoms with Gasteiger partial charge in [0, 0.05) is 17.5 Å².